The van der Waals surface area contributed by atoms with Crippen LogP contribution in [0.1, 0.15) is 17.0 Å². The Morgan fingerprint density at radius 3 is 2.57 bits per heavy atom. The molecule has 0 aliphatic heterocycles. The number of hydrogen-bond acceptors (Lipinski definition) is 4. The summed E-state index contributed by atoms with van der Waals surface area (Å²) in [6, 6.07) is 14.8. The quantitative estimate of drug-likeness (QED) is 0.278. The van der Waals surface area contributed by atoms with Crippen LogP contribution in [-0.2, 0) is 13.1 Å². The molecule has 160 valence electrons. The van der Waals surface area contributed by atoms with Crippen LogP contribution in [0.4, 0.5) is 8.78 Å². The zero-order valence-corrected chi connectivity index (χ0v) is 18.9. The molecule has 0 fully saturated rings. The smallest absolute Gasteiger partial charge is 0.387 e. The second-order valence-corrected chi connectivity index (χ2v) is 6.22. The highest BCUT2D eigenvalue weighted by molar-refractivity contribution is 14.0. The van der Waals surface area contributed by atoms with Crippen LogP contribution in [0.2, 0.25) is 0 Å². The highest BCUT2D eigenvalue weighted by Crippen LogP contribution is 2.22. The molecule has 0 spiro atoms. The number of para-hydroxylation sites is 1. The molecule has 0 atom stereocenters. The van der Waals surface area contributed by atoms with Gasteiger partial charge in [-0.2, -0.15) is 8.78 Å². The molecule has 1 aromatic heterocycles. The summed E-state index contributed by atoms with van der Waals surface area (Å²) >= 11 is 0. The van der Waals surface area contributed by atoms with Crippen LogP contribution in [0.5, 0.6) is 5.75 Å². The molecule has 0 unspecified atom stereocenters. The Morgan fingerprint density at radius 1 is 1.13 bits per heavy atom. The Balaban J connectivity index is 0.00000320. The molecule has 0 aliphatic rings. The number of rotatable bonds is 7. The standard InChI is InChI=1S/C20H22F2N6O.HI/c1-14-8-9-17(29-19(21)22)15(10-14)11-24-20(23-2)25-12-18-27-26-13-28(18)16-6-4-3-5-7-16;/h3-10,13,19H,11-12H2,1-2H3,(H2,23,24,25);1H. The number of nitrogens with one attached hydrogen (secondary N) is 2. The van der Waals surface area contributed by atoms with Gasteiger partial charge in [0, 0.05) is 24.8 Å². The maximum atomic E-state index is 12.6. The van der Waals surface area contributed by atoms with E-state index in [9.17, 15) is 8.78 Å². The Hall–Kier alpha value is -2.76. The van der Waals surface area contributed by atoms with E-state index < -0.39 is 6.61 Å². The van der Waals surface area contributed by atoms with Gasteiger partial charge in [-0.25, -0.2) is 0 Å². The maximum Gasteiger partial charge on any atom is 0.387 e. The van der Waals surface area contributed by atoms with E-state index in [1.54, 1.807) is 25.5 Å². The van der Waals surface area contributed by atoms with Crippen LogP contribution < -0.4 is 15.4 Å². The van der Waals surface area contributed by atoms with Gasteiger partial charge < -0.3 is 15.4 Å². The topological polar surface area (TPSA) is 76.4 Å². The lowest BCUT2D eigenvalue weighted by Crippen LogP contribution is -2.37. The fourth-order valence-corrected chi connectivity index (χ4v) is 2.80. The van der Waals surface area contributed by atoms with Crippen molar-refractivity contribution in [1.29, 1.82) is 0 Å². The molecule has 30 heavy (non-hydrogen) atoms. The Bertz CT molecular complexity index is 965. The van der Waals surface area contributed by atoms with E-state index in [1.807, 2.05) is 41.8 Å². The molecule has 3 rings (SSSR count). The lowest BCUT2D eigenvalue weighted by molar-refractivity contribution is -0.0504. The molecular weight excluding hydrogens is 505 g/mol. The lowest BCUT2D eigenvalue weighted by atomic mass is 10.1. The van der Waals surface area contributed by atoms with Crippen molar-refractivity contribution in [2.24, 2.45) is 4.99 Å². The van der Waals surface area contributed by atoms with Crippen LogP contribution in [0.25, 0.3) is 5.69 Å². The third-order valence-electron chi connectivity index (χ3n) is 4.17. The molecule has 2 N–H and O–H groups in total. The number of halogens is 3. The van der Waals surface area contributed by atoms with Gasteiger partial charge in [0.05, 0.1) is 6.54 Å². The van der Waals surface area contributed by atoms with Gasteiger partial charge in [0.1, 0.15) is 12.1 Å². The van der Waals surface area contributed by atoms with Crippen molar-refractivity contribution in [1.82, 2.24) is 25.4 Å². The number of guanidine groups is 1. The molecule has 0 aliphatic carbocycles. The van der Waals surface area contributed by atoms with Crippen LogP contribution in [-0.4, -0.2) is 34.4 Å². The third-order valence-corrected chi connectivity index (χ3v) is 4.17. The number of nitrogens with zero attached hydrogens (tertiary/aromatic N) is 4. The number of ether oxygens (including phenoxy) is 1. The van der Waals surface area contributed by atoms with Crippen molar-refractivity contribution < 1.29 is 13.5 Å². The molecular formula is C20H23F2IN6O. The Morgan fingerprint density at radius 2 is 1.87 bits per heavy atom. The molecule has 7 nitrogen and oxygen atoms in total. The molecule has 10 heteroatoms. The molecule has 0 saturated carbocycles. The molecule has 1 heterocycles. The minimum absolute atomic E-state index is 0. The first-order chi connectivity index (χ1) is 14.1. The summed E-state index contributed by atoms with van der Waals surface area (Å²) in [5, 5.41) is 14.4. The highest BCUT2D eigenvalue weighted by Gasteiger charge is 2.11. The van der Waals surface area contributed by atoms with Crippen molar-refractivity contribution in [3.05, 3.63) is 71.8 Å². The summed E-state index contributed by atoms with van der Waals surface area (Å²) in [5.74, 6) is 1.34. The number of alkyl halides is 2. The largest absolute Gasteiger partial charge is 0.434 e. The number of aliphatic imine (C=N–C) groups is 1. The SMILES string of the molecule is CN=C(NCc1cc(C)ccc1OC(F)F)NCc1nncn1-c1ccccc1.I. The van der Waals surface area contributed by atoms with E-state index in [4.69, 9.17) is 0 Å². The summed E-state index contributed by atoms with van der Waals surface area (Å²) < 4.78 is 31.7. The summed E-state index contributed by atoms with van der Waals surface area (Å²) in [6.45, 7) is -0.338. The fraction of sp³-hybridized carbons (Fsp3) is 0.250. The summed E-state index contributed by atoms with van der Waals surface area (Å²) in [5.41, 5.74) is 2.51. The highest BCUT2D eigenvalue weighted by atomic mass is 127. The van der Waals surface area contributed by atoms with E-state index in [1.165, 1.54) is 6.07 Å². The van der Waals surface area contributed by atoms with E-state index in [-0.39, 0.29) is 36.3 Å². The summed E-state index contributed by atoms with van der Waals surface area (Å²) in [6.07, 6.45) is 1.64. The van der Waals surface area contributed by atoms with Crippen molar-refractivity contribution in [3.63, 3.8) is 0 Å². The minimum atomic E-state index is -2.88. The van der Waals surface area contributed by atoms with Gasteiger partial charge in [0.2, 0.25) is 0 Å². The van der Waals surface area contributed by atoms with Crippen molar-refractivity contribution >= 4 is 29.9 Å². The Kier molecular flexibility index (Phi) is 8.96. The van der Waals surface area contributed by atoms with Crippen molar-refractivity contribution in [2.75, 3.05) is 7.05 Å². The average Bonchev–Trinajstić information content (AvgIpc) is 3.19. The van der Waals surface area contributed by atoms with Crippen molar-refractivity contribution in [3.8, 4) is 11.4 Å². The minimum Gasteiger partial charge on any atom is -0.434 e. The molecule has 2 aromatic carbocycles. The zero-order chi connectivity index (χ0) is 20.6. The number of aromatic nitrogens is 3. The van der Waals surface area contributed by atoms with Crippen molar-refractivity contribution in [2.45, 2.75) is 26.6 Å². The summed E-state index contributed by atoms with van der Waals surface area (Å²) in [4.78, 5) is 4.17. The molecule has 3 aromatic rings. The van der Waals surface area contributed by atoms with Gasteiger partial charge in [0.25, 0.3) is 0 Å². The first kappa shape index (κ1) is 23.5. The first-order valence-corrected chi connectivity index (χ1v) is 9.00. The van der Waals surface area contributed by atoms with Crippen LogP contribution in [0.15, 0.2) is 59.9 Å². The lowest BCUT2D eigenvalue weighted by Gasteiger charge is -2.15. The number of aryl methyl sites for hydroxylation is 1. The normalized spacial score (nSPS) is 11.2. The predicted octanol–water partition coefficient (Wildman–Crippen LogP) is 3.66. The molecule has 0 amide bonds. The van der Waals surface area contributed by atoms with Crippen LogP contribution >= 0.6 is 24.0 Å². The van der Waals surface area contributed by atoms with Gasteiger partial charge in [0.15, 0.2) is 11.8 Å². The second kappa shape index (κ2) is 11.4. The second-order valence-electron chi connectivity index (χ2n) is 6.22. The van der Waals surface area contributed by atoms with E-state index in [2.05, 4.69) is 30.6 Å². The van der Waals surface area contributed by atoms with Crippen LogP contribution in [0, 0.1) is 6.92 Å². The molecule has 0 radical (unpaired) electrons. The first-order valence-electron chi connectivity index (χ1n) is 9.00. The number of hydrogen-bond donors (Lipinski definition) is 2. The van der Waals surface area contributed by atoms with Gasteiger partial charge >= 0.3 is 6.61 Å². The molecule has 0 bridgehead atoms. The maximum absolute atomic E-state index is 12.6. The van der Waals surface area contributed by atoms with Gasteiger partial charge in [-0.05, 0) is 25.1 Å². The van der Waals surface area contributed by atoms with E-state index in [0.717, 1.165) is 11.3 Å². The number of benzene rings is 2. The van der Waals surface area contributed by atoms with Gasteiger partial charge in [-0.3, -0.25) is 9.56 Å². The van der Waals surface area contributed by atoms with Gasteiger partial charge in [-0.1, -0.05) is 35.9 Å². The average molecular weight is 528 g/mol. The summed E-state index contributed by atoms with van der Waals surface area (Å²) in [7, 11) is 1.63. The monoisotopic (exact) mass is 528 g/mol. The van der Waals surface area contributed by atoms with Gasteiger partial charge in [-0.15, -0.1) is 34.2 Å². The predicted molar refractivity (Wildman–Crippen MR) is 122 cm³/mol. The van der Waals surface area contributed by atoms with E-state index >= 15 is 0 Å². The van der Waals surface area contributed by atoms with Crippen LogP contribution in [0.3, 0.4) is 0 Å². The fourth-order valence-electron chi connectivity index (χ4n) is 2.80. The molecule has 0 saturated heterocycles. The zero-order valence-electron chi connectivity index (χ0n) is 16.5. The Labute approximate surface area is 190 Å². The van der Waals surface area contributed by atoms with E-state index in [0.29, 0.717) is 23.9 Å². The third kappa shape index (κ3) is 6.37.